The van der Waals surface area contributed by atoms with Crippen LogP contribution in [0.4, 0.5) is 0 Å². The third-order valence-electron chi connectivity index (χ3n) is 6.36. The number of aromatic nitrogens is 4. The van der Waals surface area contributed by atoms with Crippen LogP contribution < -0.4 is 10.9 Å². The normalized spacial score (nSPS) is 14.7. The van der Waals surface area contributed by atoms with E-state index in [1.54, 1.807) is 4.57 Å². The Kier molecular flexibility index (Phi) is 5.93. The average Bonchev–Trinajstić information content (AvgIpc) is 3.24. The number of amides is 1. The van der Waals surface area contributed by atoms with Crippen molar-refractivity contribution < 1.29 is 4.79 Å². The Labute approximate surface area is 196 Å². The summed E-state index contributed by atoms with van der Waals surface area (Å²) in [5.41, 5.74) is 3.39. The van der Waals surface area contributed by atoms with Crippen molar-refractivity contribution in [3.05, 3.63) is 63.9 Å². The van der Waals surface area contributed by atoms with E-state index < -0.39 is 0 Å². The summed E-state index contributed by atoms with van der Waals surface area (Å²) in [7, 11) is 0. The van der Waals surface area contributed by atoms with Gasteiger partial charge in [0, 0.05) is 6.04 Å². The number of para-hydroxylation sites is 2. The molecule has 1 fully saturated rings. The maximum absolute atomic E-state index is 13.6. The van der Waals surface area contributed by atoms with E-state index in [2.05, 4.69) is 15.5 Å². The highest BCUT2D eigenvalue weighted by atomic mass is 32.2. The smallest absolute Gasteiger partial charge is 0.267 e. The van der Waals surface area contributed by atoms with E-state index in [-0.39, 0.29) is 23.3 Å². The summed E-state index contributed by atoms with van der Waals surface area (Å²) in [6.45, 7) is 3.98. The highest BCUT2D eigenvalue weighted by Crippen LogP contribution is 2.26. The van der Waals surface area contributed by atoms with Crippen molar-refractivity contribution in [3.8, 4) is 5.69 Å². The fourth-order valence-electron chi connectivity index (χ4n) is 4.78. The van der Waals surface area contributed by atoms with Crippen LogP contribution in [-0.2, 0) is 4.79 Å². The molecule has 1 aliphatic rings. The molecule has 5 rings (SSSR count). The molecule has 170 valence electrons. The summed E-state index contributed by atoms with van der Waals surface area (Å²) < 4.78 is 3.54. The topological polar surface area (TPSA) is 81.3 Å². The number of thioether (sulfide) groups is 1. The third kappa shape index (κ3) is 4.04. The second-order valence-electron chi connectivity index (χ2n) is 8.71. The van der Waals surface area contributed by atoms with E-state index in [4.69, 9.17) is 0 Å². The van der Waals surface area contributed by atoms with E-state index in [0.29, 0.717) is 16.3 Å². The molecule has 0 spiro atoms. The highest BCUT2D eigenvalue weighted by molar-refractivity contribution is 7.99. The van der Waals surface area contributed by atoms with Gasteiger partial charge >= 0.3 is 0 Å². The zero-order valence-electron chi connectivity index (χ0n) is 18.9. The molecule has 0 radical (unpaired) electrons. The molecule has 7 nitrogen and oxygen atoms in total. The lowest BCUT2D eigenvalue weighted by Gasteiger charge is -2.22. The first-order valence-electron chi connectivity index (χ1n) is 11.4. The van der Waals surface area contributed by atoms with Gasteiger partial charge in [0.1, 0.15) is 0 Å². The van der Waals surface area contributed by atoms with Crippen LogP contribution in [0.1, 0.15) is 43.2 Å². The van der Waals surface area contributed by atoms with Crippen LogP contribution >= 0.6 is 11.8 Å². The number of hydrogen-bond donors (Lipinski definition) is 1. The predicted octanol–water partition coefficient (Wildman–Crippen LogP) is 4.19. The molecular weight excluding hydrogens is 434 g/mol. The lowest BCUT2D eigenvalue weighted by Crippen LogP contribution is -2.37. The first kappa shape index (κ1) is 21.7. The first-order valence-corrected chi connectivity index (χ1v) is 12.4. The van der Waals surface area contributed by atoms with Gasteiger partial charge in [0.2, 0.25) is 11.7 Å². The number of carbonyl (C=O) groups excluding carboxylic acids is 1. The molecule has 0 bridgehead atoms. The molecule has 0 aliphatic heterocycles. The van der Waals surface area contributed by atoms with Crippen LogP contribution in [-0.4, -0.2) is 36.9 Å². The van der Waals surface area contributed by atoms with Crippen molar-refractivity contribution in [1.29, 1.82) is 0 Å². The number of hydrogen-bond acceptors (Lipinski definition) is 5. The van der Waals surface area contributed by atoms with Gasteiger partial charge < -0.3 is 5.32 Å². The summed E-state index contributed by atoms with van der Waals surface area (Å²) in [4.78, 5) is 26.1. The molecule has 8 heteroatoms. The van der Waals surface area contributed by atoms with E-state index in [0.717, 1.165) is 35.2 Å². The van der Waals surface area contributed by atoms with E-state index in [1.807, 2.05) is 60.7 Å². The Balaban J connectivity index is 1.57. The van der Waals surface area contributed by atoms with Gasteiger partial charge in [-0.05, 0) is 49.9 Å². The van der Waals surface area contributed by atoms with Crippen LogP contribution in [0.25, 0.3) is 22.4 Å². The molecule has 2 heterocycles. The summed E-state index contributed by atoms with van der Waals surface area (Å²) in [6, 6.07) is 13.7. The molecule has 0 atom stereocenters. The third-order valence-corrected chi connectivity index (χ3v) is 7.29. The summed E-state index contributed by atoms with van der Waals surface area (Å²) in [5.74, 6) is 0.719. The number of benzene rings is 2. The van der Waals surface area contributed by atoms with Gasteiger partial charge in [-0.1, -0.05) is 61.4 Å². The van der Waals surface area contributed by atoms with Gasteiger partial charge in [-0.15, -0.1) is 10.2 Å². The standard InChI is InChI=1S/C25H27N5O2S/c1-16-9-8-10-17(2)22(16)30-23(32)19-13-6-7-14-20(19)29-24(30)27-28-25(29)33-15-21(31)26-18-11-4-3-5-12-18/h6-10,13-14,18H,3-5,11-12,15H2,1-2H3,(H,26,31). The average molecular weight is 462 g/mol. The largest absolute Gasteiger partial charge is 0.353 e. The molecule has 0 unspecified atom stereocenters. The van der Waals surface area contributed by atoms with Crippen molar-refractivity contribution in [2.45, 2.75) is 57.1 Å². The Hall–Kier alpha value is -3.13. The number of fused-ring (bicyclic) bond motifs is 3. The van der Waals surface area contributed by atoms with Crippen molar-refractivity contribution in [2.75, 3.05) is 5.75 Å². The van der Waals surface area contributed by atoms with E-state index >= 15 is 0 Å². The minimum atomic E-state index is -0.130. The summed E-state index contributed by atoms with van der Waals surface area (Å²) >= 11 is 1.35. The van der Waals surface area contributed by atoms with Crippen LogP contribution in [0.5, 0.6) is 0 Å². The Morgan fingerprint density at radius 2 is 1.76 bits per heavy atom. The van der Waals surface area contributed by atoms with Crippen LogP contribution in [0.15, 0.2) is 52.4 Å². The first-order chi connectivity index (χ1) is 16.0. The zero-order valence-corrected chi connectivity index (χ0v) is 19.7. The molecule has 0 saturated heterocycles. The number of nitrogens with zero attached hydrogens (tertiary/aromatic N) is 4. The molecule has 33 heavy (non-hydrogen) atoms. The van der Waals surface area contributed by atoms with Gasteiger partial charge in [0.25, 0.3) is 5.56 Å². The summed E-state index contributed by atoms with van der Waals surface area (Å²) in [6.07, 6.45) is 5.71. The molecule has 1 aliphatic carbocycles. The Morgan fingerprint density at radius 1 is 1.03 bits per heavy atom. The van der Waals surface area contributed by atoms with Crippen LogP contribution in [0, 0.1) is 13.8 Å². The molecule has 2 aromatic heterocycles. The Bertz CT molecular complexity index is 1380. The number of aryl methyl sites for hydroxylation is 2. The van der Waals surface area contributed by atoms with Gasteiger partial charge in [0.15, 0.2) is 5.16 Å². The molecule has 2 aromatic carbocycles. The quantitative estimate of drug-likeness (QED) is 0.451. The van der Waals surface area contributed by atoms with E-state index in [1.165, 1.54) is 31.0 Å². The molecule has 4 aromatic rings. The Morgan fingerprint density at radius 3 is 2.52 bits per heavy atom. The summed E-state index contributed by atoms with van der Waals surface area (Å²) in [5, 5.41) is 13.1. The van der Waals surface area contributed by atoms with E-state index in [9.17, 15) is 9.59 Å². The van der Waals surface area contributed by atoms with Crippen LogP contribution in [0.3, 0.4) is 0 Å². The molecule has 1 saturated carbocycles. The number of rotatable bonds is 5. The lowest BCUT2D eigenvalue weighted by atomic mass is 9.95. The SMILES string of the molecule is Cc1cccc(C)c1-n1c(=O)c2ccccc2n2c(SCC(=O)NC3CCCCC3)nnc12. The van der Waals surface area contributed by atoms with Crippen LogP contribution in [0.2, 0.25) is 0 Å². The fourth-order valence-corrected chi connectivity index (χ4v) is 5.53. The number of nitrogens with one attached hydrogen (secondary N) is 1. The minimum absolute atomic E-state index is 0.0102. The van der Waals surface area contributed by atoms with Crippen molar-refractivity contribution in [2.24, 2.45) is 0 Å². The lowest BCUT2D eigenvalue weighted by molar-refractivity contribution is -0.119. The molecule has 1 N–H and O–H groups in total. The van der Waals surface area contributed by atoms with Gasteiger partial charge in [-0.3, -0.25) is 14.0 Å². The molecule has 1 amide bonds. The second kappa shape index (κ2) is 9.02. The number of carbonyl (C=O) groups is 1. The van der Waals surface area contributed by atoms with Crippen molar-refractivity contribution >= 4 is 34.3 Å². The maximum atomic E-state index is 13.6. The maximum Gasteiger partial charge on any atom is 0.267 e. The van der Waals surface area contributed by atoms with Crippen molar-refractivity contribution in [3.63, 3.8) is 0 Å². The highest BCUT2D eigenvalue weighted by Gasteiger charge is 2.21. The van der Waals surface area contributed by atoms with Gasteiger partial charge in [-0.25, -0.2) is 4.57 Å². The second-order valence-corrected chi connectivity index (χ2v) is 9.65. The monoisotopic (exact) mass is 461 g/mol. The predicted molar refractivity (Wildman–Crippen MR) is 131 cm³/mol. The van der Waals surface area contributed by atoms with Crippen molar-refractivity contribution in [1.82, 2.24) is 24.5 Å². The minimum Gasteiger partial charge on any atom is -0.353 e. The fraction of sp³-hybridized carbons (Fsp3) is 0.360. The molecular formula is C25H27N5O2S. The van der Waals surface area contributed by atoms with Gasteiger partial charge in [0.05, 0.1) is 22.3 Å². The van der Waals surface area contributed by atoms with Gasteiger partial charge in [-0.2, -0.15) is 0 Å². The zero-order chi connectivity index (χ0) is 22.9.